The van der Waals surface area contributed by atoms with Crippen LogP contribution in [-0.2, 0) is 9.59 Å². The van der Waals surface area contributed by atoms with Gasteiger partial charge in [-0.05, 0) is 45.4 Å². The van der Waals surface area contributed by atoms with Gasteiger partial charge in [-0.2, -0.15) is 0 Å². The maximum atomic E-state index is 12.8. The van der Waals surface area contributed by atoms with Gasteiger partial charge in [0.25, 0.3) is 0 Å². The molecule has 0 bridgehead atoms. The maximum absolute atomic E-state index is 12.8. The van der Waals surface area contributed by atoms with Gasteiger partial charge in [0.1, 0.15) is 0 Å². The van der Waals surface area contributed by atoms with Crippen LogP contribution in [0.5, 0.6) is 0 Å². The van der Waals surface area contributed by atoms with E-state index in [1.807, 2.05) is 18.7 Å². The number of piperazine rings is 1. The lowest BCUT2D eigenvalue weighted by atomic mass is 9.98. The number of likely N-dealkylation sites (tertiary alicyclic amines) is 1. The van der Waals surface area contributed by atoms with Crippen molar-refractivity contribution in [1.29, 1.82) is 0 Å². The highest BCUT2D eigenvalue weighted by atomic mass is 16.2. The third kappa shape index (κ3) is 4.73. The molecule has 2 saturated heterocycles. The fourth-order valence-electron chi connectivity index (χ4n) is 3.88. The molecule has 3 aliphatic rings. The molecule has 0 aromatic carbocycles. The fraction of sp³-hybridized carbons (Fsp3) is 0.895. The molecule has 2 atom stereocenters. The molecule has 0 spiro atoms. The van der Waals surface area contributed by atoms with Crippen LogP contribution in [0.4, 0.5) is 0 Å². The Morgan fingerprint density at radius 3 is 1.88 bits per heavy atom. The Morgan fingerprint density at radius 1 is 0.840 bits per heavy atom. The number of carbonyl (C=O) groups is 2. The second kappa shape index (κ2) is 8.04. The Bertz CT molecular complexity index is 478. The van der Waals surface area contributed by atoms with E-state index >= 15 is 0 Å². The number of nitrogens with zero attached hydrogens (tertiary/aromatic N) is 3. The third-order valence-electron chi connectivity index (χ3n) is 6.20. The number of hydrogen-bond donors (Lipinski definition) is 1. The summed E-state index contributed by atoms with van der Waals surface area (Å²) in [6.45, 7) is 11.5. The minimum atomic E-state index is -0.0719. The van der Waals surface area contributed by atoms with E-state index < -0.39 is 0 Å². The number of piperidine rings is 1. The molecular weight excluding hydrogens is 316 g/mol. The minimum Gasteiger partial charge on any atom is -0.352 e. The predicted octanol–water partition coefficient (Wildman–Crippen LogP) is 0.918. The van der Waals surface area contributed by atoms with E-state index in [-0.39, 0.29) is 23.9 Å². The summed E-state index contributed by atoms with van der Waals surface area (Å²) in [5, 5.41) is 3.09. The summed E-state index contributed by atoms with van der Waals surface area (Å²) in [4.78, 5) is 31.6. The minimum absolute atomic E-state index is 0.0499. The van der Waals surface area contributed by atoms with Gasteiger partial charge in [0, 0.05) is 45.3 Å². The molecule has 0 aromatic heterocycles. The van der Waals surface area contributed by atoms with Gasteiger partial charge >= 0.3 is 0 Å². The van der Waals surface area contributed by atoms with Gasteiger partial charge < -0.3 is 10.2 Å². The van der Waals surface area contributed by atoms with Crippen LogP contribution in [0, 0.1) is 5.92 Å². The molecule has 6 nitrogen and oxygen atoms in total. The molecule has 1 saturated carbocycles. The van der Waals surface area contributed by atoms with Gasteiger partial charge in [-0.25, -0.2) is 0 Å². The van der Waals surface area contributed by atoms with Crippen molar-refractivity contribution in [2.45, 2.75) is 64.6 Å². The van der Waals surface area contributed by atoms with E-state index in [4.69, 9.17) is 0 Å². The number of hydrogen-bond acceptors (Lipinski definition) is 4. The van der Waals surface area contributed by atoms with Crippen LogP contribution in [0.1, 0.15) is 46.5 Å². The van der Waals surface area contributed by atoms with Crippen molar-refractivity contribution < 1.29 is 9.59 Å². The lowest BCUT2D eigenvalue weighted by molar-refractivity contribution is -0.139. The second-order valence-corrected chi connectivity index (χ2v) is 8.21. The quantitative estimate of drug-likeness (QED) is 0.801. The molecule has 6 heteroatoms. The number of nitrogens with one attached hydrogen (secondary N) is 1. The summed E-state index contributed by atoms with van der Waals surface area (Å²) < 4.78 is 0. The first-order valence-electron chi connectivity index (χ1n) is 10.0. The molecule has 2 amide bonds. The van der Waals surface area contributed by atoms with Gasteiger partial charge in [0.2, 0.25) is 11.8 Å². The zero-order valence-electron chi connectivity index (χ0n) is 16.0. The second-order valence-electron chi connectivity index (χ2n) is 8.21. The Balaban J connectivity index is 1.44. The van der Waals surface area contributed by atoms with E-state index in [9.17, 15) is 9.59 Å². The molecule has 2 aliphatic heterocycles. The molecule has 0 aromatic rings. The SMILES string of the molecule is CC1CCN(C(=O)C(C)N2CCN(C(C)C(=O)NC3CC3)CC2)CC1. The number of carbonyl (C=O) groups excluding carboxylic acids is 2. The van der Waals surface area contributed by atoms with E-state index in [1.165, 1.54) is 0 Å². The molecule has 1 aliphatic carbocycles. The van der Waals surface area contributed by atoms with Gasteiger partial charge in [-0.1, -0.05) is 6.92 Å². The Labute approximate surface area is 151 Å². The molecule has 2 unspecified atom stereocenters. The van der Waals surface area contributed by atoms with Gasteiger partial charge in [0.15, 0.2) is 0 Å². The summed E-state index contributed by atoms with van der Waals surface area (Å²) in [5.41, 5.74) is 0. The van der Waals surface area contributed by atoms with Crippen LogP contribution in [0.2, 0.25) is 0 Å². The smallest absolute Gasteiger partial charge is 0.239 e. The standard InChI is InChI=1S/C19H34N4O2/c1-14-6-8-23(9-7-14)19(25)16(3)22-12-10-21(11-13-22)15(2)18(24)20-17-4-5-17/h14-17H,4-13H2,1-3H3,(H,20,24). The van der Waals surface area contributed by atoms with E-state index in [0.29, 0.717) is 6.04 Å². The Hall–Kier alpha value is -1.14. The maximum Gasteiger partial charge on any atom is 0.239 e. The lowest BCUT2D eigenvalue weighted by Gasteiger charge is -2.41. The summed E-state index contributed by atoms with van der Waals surface area (Å²) in [6, 6.07) is 0.296. The van der Waals surface area contributed by atoms with Gasteiger partial charge in [0.05, 0.1) is 12.1 Å². The Kier molecular flexibility index (Phi) is 6.00. The van der Waals surface area contributed by atoms with Crippen molar-refractivity contribution >= 4 is 11.8 Å². The average Bonchev–Trinajstić information content (AvgIpc) is 3.44. The highest BCUT2D eigenvalue weighted by Gasteiger charge is 2.33. The molecule has 2 heterocycles. The van der Waals surface area contributed by atoms with Crippen LogP contribution >= 0.6 is 0 Å². The van der Waals surface area contributed by atoms with Crippen molar-refractivity contribution in [1.82, 2.24) is 20.0 Å². The summed E-state index contributed by atoms with van der Waals surface area (Å²) in [6.07, 6.45) is 4.50. The molecule has 0 radical (unpaired) electrons. The largest absolute Gasteiger partial charge is 0.352 e. The van der Waals surface area contributed by atoms with Gasteiger partial charge in [-0.3, -0.25) is 19.4 Å². The molecule has 142 valence electrons. The number of amides is 2. The fourth-order valence-corrected chi connectivity index (χ4v) is 3.88. The highest BCUT2D eigenvalue weighted by Crippen LogP contribution is 2.20. The first kappa shape index (κ1) is 18.6. The monoisotopic (exact) mass is 350 g/mol. The van der Waals surface area contributed by atoms with Crippen molar-refractivity contribution in [2.24, 2.45) is 5.92 Å². The predicted molar refractivity (Wildman–Crippen MR) is 98.2 cm³/mol. The van der Waals surface area contributed by atoms with E-state index in [2.05, 4.69) is 22.0 Å². The first-order chi connectivity index (χ1) is 12.0. The summed E-state index contributed by atoms with van der Waals surface area (Å²) >= 11 is 0. The first-order valence-corrected chi connectivity index (χ1v) is 10.0. The van der Waals surface area contributed by atoms with Crippen molar-refractivity contribution in [3.63, 3.8) is 0 Å². The highest BCUT2D eigenvalue weighted by molar-refractivity contribution is 5.82. The van der Waals surface area contributed by atoms with Crippen molar-refractivity contribution in [3.8, 4) is 0 Å². The third-order valence-corrected chi connectivity index (χ3v) is 6.20. The van der Waals surface area contributed by atoms with Crippen LogP contribution < -0.4 is 5.32 Å². The van der Waals surface area contributed by atoms with Crippen LogP contribution in [0.25, 0.3) is 0 Å². The Morgan fingerprint density at radius 2 is 1.36 bits per heavy atom. The number of rotatable bonds is 5. The zero-order chi connectivity index (χ0) is 18.0. The molecule has 25 heavy (non-hydrogen) atoms. The van der Waals surface area contributed by atoms with Crippen molar-refractivity contribution in [3.05, 3.63) is 0 Å². The lowest BCUT2D eigenvalue weighted by Crippen LogP contribution is -2.58. The summed E-state index contributed by atoms with van der Waals surface area (Å²) in [7, 11) is 0. The average molecular weight is 351 g/mol. The van der Waals surface area contributed by atoms with Crippen LogP contribution in [0.3, 0.4) is 0 Å². The summed E-state index contributed by atoms with van der Waals surface area (Å²) in [5.74, 6) is 1.17. The van der Waals surface area contributed by atoms with E-state index in [0.717, 1.165) is 70.9 Å². The zero-order valence-corrected chi connectivity index (χ0v) is 16.0. The van der Waals surface area contributed by atoms with Crippen molar-refractivity contribution in [2.75, 3.05) is 39.3 Å². The molecular formula is C19H34N4O2. The molecule has 3 rings (SSSR count). The molecule has 3 fully saturated rings. The normalized spacial score (nSPS) is 26.3. The van der Waals surface area contributed by atoms with Crippen LogP contribution in [0.15, 0.2) is 0 Å². The topological polar surface area (TPSA) is 55.9 Å². The molecule has 1 N–H and O–H groups in total. The van der Waals surface area contributed by atoms with Gasteiger partial charge in [-0.15, -0.1) is 0 Å². The van der Waals surface area contributed by atoms with E-state index in [1.54, 1.807) is 0 Å². The van der Waals surface area contributed by atoms with Crippen LogP contribution in [-0.4, -0.2) is 83.9 Å².